The van der Waals surface area contributed by atoms with Crippen molar-refractivity contribution in [2.24, 2.45) is 0 Å². The van der Waals surface area contributed by atoms with Crippen LogP contribution in [0, 0.1) is 6.92 Å². The second-order valence-corrected chi connectivity index (χ2v) is 10.3. The molecule has 203 valence electrons. The molecule has 0 aliphatic carbocycles. The summed E-state index contributed by atoms with van der Waals surface area (Å²) in [5.41, 5.74) is 7.12. The first-order valence-electron chi connectivity index (χ1n) is 13.6. The third kappa shape index (κ3) is 5.96. The predicted molar refractivity (Wildman–Crippen MR) is 159 cm³/mol. The maximum Gasteiger partial charge on any atom is 0.439 e. The van der Waals surface area contributed by atoms with Crippen molar-refractivity contribution in [2.45, 2.75) is 52.6 Å². The summed E-state index contributed by atoms with van der Waals surface area (Å²) in [5.74, 6) is 1.35. The van der Waals surface area contributed by atoms with Crippen LogP contribution in [0.2, 0.25) is 0 Å². The minimum Gasteiger partial charge on any atom is -0.490 e. The fourth-order valence-electron chi connectivity index (χ4n) is 5.48. The van der Waals surface area contributed by atoms with Gasteiger partial charge in [-0.25, -0.2) is 9.78 Å². The van der Waals surface area contributed by atoms with E-state index in [0.717, 1.165) is 64.2 Å². The topological polar surface area (TPSA) is 103 Å². The van der Waals surface area contributed by atoms with Crippen molar-refractivity contribution in [1.29, 1.82) is 0 Å². The molecular weight excluding hydrogens is 543 g/mol. The van der Waals surface area contributed by atoms with Crippen LogP contribution in [0.5, 0.6) is 5.75 Å². The van der Waals surface area contributed by atoms with Crippen LogP contribution < -0.4 is 16.1 Å². The molecule has 0 fully saturated rings. The fraction of sp³-hybridized carbons (Fsp3) is 0.250. The molecule has 0 amide bonds. The molecule has 41 heavy (non-hydrogen) atoms. The summed E-state index contributed by atoms with van der Waals surface area (Å²) in [6.45, 7) is 6.04. The Balaban J connectivity index is 0.00000337. The molecule has 0 saturated heterocycles. The number of H-pyrrole nitrogens is 1. The Morgan fingerprint density at radius 1 is 1.02 bits per heavy atom. The Kier molecular flexibility index (Phi) is 8.91. The van der Waals surface area contributed by atoms with Gasteiger partial charge in [0.25, 0.3) is 5.56 Å². The van der Waals surface area contributed by atoms with Crippen molar-refractivity contribution in [3.05, 3.63) is 116 Å². The second kappa shape index (κ2) is 12.4. The number of aryl methyl sites for hydroxylation is 2. The molecule has 1 atom stereocenters. The quantitative estimate of drug-likeness (QED) is 0.274. The molecule has 0 spiro atoms. The van der Waals surface area contributed by atoms with Gasteiger partial charge in [0.05, 0.1) is 11.4 Å². The van der Waals surface area contributed by atoms with Crippen molar-refractivity contribution in [3.8, 4) is 34.0 Å². The molecule has 1 aliphatic rings. The van der Waals surface area contributed by atoms with Gasteiger partial charge >= 0.3 is 5.76 Å². The van der Waals surface area contributed by atoms with E-state index >= 15 is 0 Å². The summed E-state index contributed by atoms with van der Waals surface area (Å²) < 4.78 is 12.3. The van der Waals surface area contributed by atoms with Gasteiger partial charge in [0.1, 0.15) is 17.7 Å². The van der Waals surface area contributed by atoms with Crippen LogP contribution >= 0.6 is 0 Å². The van der Waals surface area contributed by atoms with E-state index in [0.29, 0.717) is 23.6 Å². The van der Waals surface area contributed by atoms with E-state index < -0.39 is 5.76 Å². The number of nitrogens with one attached hydrogen (secondary N) is 1. The van der Waals surface area contributed by atoms with Crippen molar-refractivity contribution >= 4 is 51.4 Å². The molecule has 2 aromatic heterocycles. The van der Waals surface area contributed by atoms with Gasteiger partial charge in [0, 0.05) is 75.4 Å². The number of ether oxygens (including phenoxy) is 1. The van der Waals surface area contributed by atoms with Crippen LogP contribution in [-0.2, 0) is 19.3 Å². The van der Waals surface area contributed by atoms with Gasteiger partial charge < -0.3 is 4.74 Å². The molecule has 1 aliphatic heterocycles. The standard InChI is InChI=1S/C32H30N4O4.K/c1-4-7-28-27(31(37)36(20(3)33-28)24-14-15-29-23(18-24)16-19(2)39-29)17-21-10-12-22(13-11-21)25-8-5-6-9-26(25)30-34-32(38)40-35-30;/h5-6,8-15,18-19H,4,7,16-17H2,1-3H3,(H,34,35,38);. The average Bonchev–Trinajstić information content (AvgIpc) is 3.55. The molecule has 6 rings (SSSR count). The largest absolute Gasteiger partial charge is 0.490 e. The van der Waals surface area contributed by atoms with Crippen LogP contribution in [0.15, 0.2) is 80.8 Å². The van der Waals surface area contributed by atoms with Crippen molar-refractivity contribution in [3.63, 3.8) is 0 Å². The van der Waals surface area contributed by atoms with Crippen LogP contribution in [0.25, 0.3) is 28.2 Å². The zero-order valence-corrected chi connectivity index (χ0v) is 26.9. The van der Waals surface area contributed by atoms with Crippen LogP contribution in [0.4, 0.5) is 0 Å². The summed E-state index contributed by atoms with van der Waals surface area (Å²) in [6.07, 6.45) is 3.08. The first-order valence-corrected chi connectivity index (χ1v) is 13.6. The van der Waals surface area contributed by atoms with E-state index in [4.69, 9.17) is 14.2 Å². The van der Waals surface area contributed by atoms with Gasteiger partial charge in [-0.2, -0.15) is 0 Å². The monoisotopic (exact) mass is 573 g/mol. The average molecular weight is 574 g/mol. The predicted octanol–water partition coefficient (Wildman–Crippen LogP) is 5.04. The van der Waals surface area contributed by atoms with Crippen molar-refractivity contribution < 1.29 is 9.26 Å². The molecule has 3 heterocycles. The molecule has 3 aromatic carbocycles. The number of hydrogen-bond donors (Lipinski definition) is 1. The first-order chi connectivity index (χ1) is 19.4. The molecular formula is C32H30KN4O4. The first kappa shape index (κ1) is 29.4. The number of aromatic amines is 1. The SMILES string of the molecule is CCCc1nc(C)n(-c2ccc3c(c2)CC(C)O3)c(=O)c1Cc1ccc(-c2ccccc2-c2noc(=O)[nH]2)cc1.[K]. The van der Waals surface area contributed by atoms with Gasteiger partial charge in [-0.3, -0.25) is 18.9 Å². The second-order valence-electron chi connectivity index (χ2n) is 10.3. The van der Waals surface area contributed by atoms with Crippen LogP contribution in [0.1, 0.15) is 48.5 Å². The number of fused-ring (bicyclic) bond motifs is 1. The molecule has 0 bridgehead atoms. The Labute approximate surface area is 280 Å². The van der Waals surface area contributed by atoms with Gasteiger partial charge in [0.15, 0.2) is 5.82 Å². The number of hydrogen-bond acceptors (Lipinski definition) is 6. The number of rotatable bonds is 7. The molecule has 5 aromatic rings. The van der Waals surface area contributed by atoms with Gasteiger partial charge in [-0.05, 0) is 60.7 Å². The third-order valence-electron chi connectivity index (χ3n) is 7.32. The molecule has 1 radical (unpaired) electrons. The number of nitrogens with zero attached hydrogens (tertiary/aromatic N) is 3. The summed E-state index contributed by atoms with van der Waals surface area (Å²) in [5, 5.41) is 3.85. The minimum absolute atomic E-state index is 0. The van der Waals surface area contributed by atoms with Crippen LogP contribution in [0.3, 0.4) is 0 Å². The summed E-state index contributed by atoms with van der Waals surface area (Å²) >= 11 is 0. The third-order valence-corrected chi connectivity index (χ3v) is 7.32. The molecule has 1 unspecified atom stereocenters. The molecule has 9 heteroatoms. The van der Waals surface area contributed by atoms with E-state index in [-0.39, 0.29) is 63.0 Å². The zero-order chi connectivity index (χ0) is 27.8. The maximum atomic E-state index is 14.0. The molecule has 1 N–H and O–H groups in total. The zero-order valence-electron chi connectivity index (χ0n) is 23.7. The van der Waals surface area contributed by atoms with Crippen molar-refractivity contribution in [1.82, 2.24) is 19.7 Å². The Bertz CT molecular complexity index is 1820. The van der Waals surface area contributed by atoms with Gasteiger partial charge in [0.2, 0.25) is 0 Å². The van der Waals surface area contributed by atoms with Crippen LogP contribution in [-0.4, -0.2) is 77.2 Å². The molecule has 8 nitrogen and oxygen atoms in total. The van der Waals surface area contributed by atoms with E-state index in [1.807, 2.05) is 73.7 Å². The van der Waals surface area contributed by atoms with E-state index in [2.05, 4.69) is 24.0 Å². The van der Waals surface area contributed by atoms with E-state index in [1.54, 1.807) is 4.57 Å². The van der Waals surface area contributed by atoms with E-state index in [9.17, 15) is 9.59 Å². The maximum absolute atomic E-state index is 14.0. The summed E-state index contributed by atoms with van der Waals surface area (Å²) in [6, 6.07) is 21.7. The summed E-state index contributed by atoms with van der Waals surface area (Å²) in [4.78, 5) is 33.0. The van der Waals surface area contributed by atoms with Crippen molar-refractivity contribution in [2.75, 3.05) is 0 Å². The Hall–Kier alpha value is -3.08. The number of benzene rings is 3. The molecule has 0 saturated carbocycles. The summed E-state index contributed by atoms with van der Waals surface area (Å²) in [7, 11) is 0. The smallest absolute Gasteiger partial charge is 0.439 e. The minimum atomic E-state index is -0.594. The normalized spacial score (nSPS) is 13.9. The van der Waals surface area contributed by atoms with Gasteiger partial charge in [-0.15, -0.1) is 0 Å². The van der Waals surface area contributed by atoms with E-state index in [1.165, 1.54) is 0 Å². The Morgan fingerprint density at radius 3 is 2.49 bits per heavy atom. The van der Waals surface area contributed by atoms with Gasteiger partial charge in [-0.1, -0.05) is 67.0 Å². The number of aromatic nitrogens is 4. The Morgan fingerprint density at radius 2 is 1.78 bits per heavy atom. The fourth-order valence-corrected chi connectivity index (χ4v) is 5.48.